The molecule has 2 aliphatic rings. The van der Waals surface area contributed by atoms with Gasteiger partial charge in [0.15, 0.2) is 0 Å². The first-order chi connectivity index (χ1) is 16.5. The number of anilines is 1. The molecule has 1 aliphatic heterocycles. The summed E-state index contributed by atoms with van der Waals surface area (Å²) in [4.78, 5) is 38.1. The van der Waals surface area contributed by atoms with Crippen molar-refractivity contribution in [2.75, 3.05) is 18.1 Å². The van der Waals surface area contributed by atoms with Crippen LogP contribution < -0.4 is 10.2 Å². The maximum Gasteiger partial charge on any atom is 0.407 e. The fourth-order valence-corrected chi connectivity index (χ4v) is 4.93. The highest BCUT2D eigenvalue weighted by Gasteiger charge is 2.37. The largest absolute Gasteiger partial charge is 0.480 e. The third-order valence-electron chi connectivity index (χ3n) is 6.48. The highest BCUT2D eigenvalue weighted by atomic mass is 16.5. The van der Waals surface area contributed by atoms with E-state index in [1.54, 1.807) is 12.1 Å². The summed E-state index contributed by atoms with van der Waals surface area (Å²) in [5, 5.41) is 12.2. The van der Waals surface area contributed by atoms with E-state index in [0.29, 0.717) is 5.69 Å². The molecule has 0 bridgehead atoms. The fourth-order valence-electron chi connectivity index (χ4n) is 4.93. The highest BCUT2D eigenvalue weighted by Crippen LogP contribution is 2.44. The van der Waals surface area contributed by atoms with Crippen molar-refractivity contribution in [2.45, 2.75) is 24.8 Å². The van der Waals surface area contributed by atoms with Gasteiger partial charge in [-0.15, -0.1) is 0 Å². The monoisotopic (exact) mass is 456 g/mol. The summed E-state index contributed by atoms with van der Waals surface area (Å²) in [6, 6.07) is 22.4. The van der Waals surface area contributed by atoms with E-state index in [1.165, 1.54) is 4.90 Å². The van der Waals surface area contributed by atoms with Gasteiger partial charge in [-0.3, -0.25) is 9.69 Å². The molecule has 7 heteroatoms. The minimum Gasteiger partial charge on any atom is -0.480 e. The summed E-state index contributed by atoms with van der Waals surface area (Å²) >= 11 is 0. The number of ether oxygens (including phenoxy) is 1. The number of aliphatic carboxylic acids is 1. The molecule has 0 fully saturated rings. The second-order valence-electron chi connectivity index (χ2n) is 8.45. The maximum absolute atomic E-state index is 12.8. The van der Waals surface area contributed by atoms with Crippen LogP contribution in [0.3, 0.4) is 0 Å². The third-order valence-corrected chi connectivity index (χ3v) is 6.48. The second-order valence-corrected chi connectivity index (χ2v) is 8.45. The molecule has 5 rings (SSSR count). The molecule has 7 nitrogen and oxygen atoms in total. The van der Waals surface area contributed by atoms with Gasteiger partial charge in [-0.1, -0.05) is 66.7 Å². The molecule has 34 heavy (non-hydrogen) atoms. The van der Waals surface area contributed by atoms with Gasteiger partial charge in [-0.2, -0.15) is 0 Å². The number of carboxylic acid groups (broad SMARTS) is 1. The van der Waals surface area contributed by atoms with Crippen molar-refractivity contribution in [3.63, 3.8) is 0 Å². The average Bonchev–Trinajstić information content (AvgIpc) is 3.39. The minimum absolute atomic E-state index is 0.0255. The number of carbonyl (C=O) groups is 3. The standard InChI is InChI=1S/C27H24N2O5/c30-25(29-23-12-6-1-7-17(23)15-24(29)26(31)32)13-14-28-27(33)34-16-22-20-10-4-2-8-18(20)19-9-3-5-11-21(19)22/h1-12,22,24H,13-16H2,(H,28,33)(H,31,32). The van der Waals surface area contributed by atoms with Crippen LogP contribution in [0.4, 0.5) is 10.5 Å². The van der Waals surface area contributed by atoms with Crippen molar-refractivity contribution in [2.24, 2.45) is 0 Å². The van der Waals surface area contributed by atoms with Crippen molar-refractivity contribution in [3.8, 4) is 11.1 Å². The topological polar surface area (TPSA) is 95.9 Å². The SMILES string of the molecule is O=C(NCCC(=O)N1c2ccccc2CC1C(=O)O)OCC1c2ccccc2-c2ccccc21. The molecule has 1 atom stereocenters. The number of para-hydroxylation sites is 1. The average molecular weight is 456 g/mol. The van der Waals surface area contributed by atoms with Crippen LogP contribution in [0.2, 0.25) is 0 Å². The number of nitrogens with one attached hydrogen (secondary N) is 1. The van der Waals surface area contributed by atoms with Crippen LogP contribution >= 0.6 is 0 Å². The van der Waals surface area contributed by atoms with Crippen LogP contribution in [0.15, 0.2) is 72.8 Å². The van der Waals surface area contributed by atoms with Crippen molar-refractivity contribution < 1.29 is 24.2 Å². The number of nitrogens with zero attached hydrogens (tertiary/aromatic N) is 1. The molecular weight excluding hydrogens is 432 g/mol. The van der Waals surface area contributed by atoms with E-state index in [2.05, 4.69) is 17.4 Å². The minimum atomic E-state index is -1.05. The Bertz CT molecular complexity index is 1230. The van der Waals surface area contributed by atoms with Gasteiger partial charge in [-0.25, -0.2) is 9.59 Å². The van der Waals surface area contributed by atoms with Gasteiger partial charge in [0.1, 0.15) is 12.6 Å². The van der Waals surface area contributed by atoms with Gasteiger partial charge >= 0.3 is 12.1 Å². The Labute approximate surface area is 197 Å². The molecule has 172 valence electrons. The summed E-state index contributed by atoms with van der Waals surface area (Å²) in [5.74, 6) is -1.44. The van der Waals surface area contributed by atoms with Crippen LogP contribution in [-0.2, 0) is 20.7 Å². The normalized spacial score (nSPS) is 15.9. The predicted molar refractivity (Wildman–Crippen MR) is 127 cm³/mol. The lowest BCUT2D eigenvalue weighted by Crippen LogP contribution is -2.44. The Morgan fingerprint density at radius 2 is 1.53 bits per heavy atom. The number of alkyl carbamates (subject to hydrolysis) is 1. The van der Waals surface area contributed by atoms with Gasteiger partial charge in [-0.05, 0) is 33.9 Å². The predicted octanol–water partition coefficient (Wildman–Crippen LogP) is 3.96. The quantitative estimate of drug-likeness (QED) is 0.585. The van der Waals surface area contributed by atoms with Crippen molar-refractivity contribution in [1.82, 2.24) is 5.32 Å². The Morgan fingerprint density at radius 1 is 0.912 bits per heavy atom. The smallest absolute Gasteiger partial charge is 0.407 e. The number of fused-ring (bicyclic) bond motifs is 4. The number of benzene rings is 3. The van der Waals surface area contributed by atoms with E-state index in [0.717, 1.165) is 27.8 Å². The number of carbonyl (C=O) groups excluding carboxylic acids is 2. The maximum atomic E-state index is 12.8. The summed E-state index contributed by atoms with van der Waals surface area (Å²) in [7, 11) is 0. The van der Waals surface area contributed by atoms with Gasteiger partial charge in [0.25, 0.3) is 0 Å². The lowest BCUT2D eigenvalue weighted by molar-refractivity contribution is -0.139. The highest BCUT2D eigenvalue weighted by molar-refractivity contribution is 6.02. The number of hydrogen-bond donors (Lipinski definition) is 2. The van der Waals surface area contributed by atoms with E-state index >= 15 is 0 Å². The molecule has 0 saturated heterocycles. The van der Waals surface area contributed by atoms with Gasteiger partial charge < -0.3 is 15.2 Å². The molecule has 1 aliphatic carbocycles. The van der Waals surface area contributed by atoms with Gasteiger partial charge in [0.2, 0.25) is 5.91 Å². The van der Waals surface area contributed by atoms with Gasteiger partial charge in [0, 0.05) is 31.0 Å². The van der Waals surface area contributed by atoms with E-state index < -0.39 is 18.1 Å². The van der Waals surface area contributed by atoms with Crippen molar-refractivity contribution >= 4 is 23.7 Å². The first-order valence-electron chi connectivity index (χ1n) is 11.3. The molecule has 0 aromatic heterocycles. The van der Waals surface area contributed by atoms with Crippen LogP contribution in [0.5, 0.6) is 0 Å². The number of hydrogen-bond acceptors (Lipinski definition) is 4. The molecule has 1 unspecified atom stereocenters. The Morgan fingerprint density at radius 3 is 2.21 bits per heavy atom. The second kappa shape index (κ2) is 9.02. The van der Waals surface area contributed by atoms with E-state index in [-0.39, 0.29) is 37.8 Å². The Balaban J connectivity index is 1.17. The molecule has 1 heterocycles. The first kappa shape index (κ1) is 21.7. The lowest BCUT2D eigenvalue weighted by Gasteiger charge is -2.22. The van der Waals surface area contributed by atoms with Crippen LogP contribution in [-0.4, -0.2) is 42.3 Å². The Kier molecular flexibility index (Phi) is 5.76. The van der Waals surface area contributed by atoms with Gasteiger partial charge in [0.05, 0.1) is 0 Å². The Hall–Kier alpha value is -4.13. The van der Waals surface area contributed by atoms with Crippen molar-refractivity contribution in [3.05, 3.63) is 89.5 Å². The van der Waals surface area contributed by atoms with E-state index in [4.69, 9.17) is 4.74 Å². The molecule has 0 saturated carbocycles. The first-order valence-corrected chi connectivity index (χ1v) is 11.3. The summed E-state index contributed by atoms with van der Waals surface area (Å²) in [6.07, 6.45) is -0.356. The molecule has 3 aromatic rings. The van der Waals surface area contributed by atoms with E-state index in [9.17, 15) is 19.5 Å². The zero-order valence-electron chi connectivity index (χ0n) is 18.4. The summed E-state index contributed by atoms with van der Waals surface area (Å²) in [6.45, 7) is 0.245. The molecule has 2 N–H and O–H groups in total. The molecule has 2 amide bonds. The summed E-state index contributed by atoms with van der Waals surface area (Å²) in [5.41, 5.74) is 5.99. The van der Waals surface area contributed by atoms with Crippen LogP contribution in [0.25, 0.3) is 11.1 Å². The molecule has 0 spiro atoms. The number of rotatable bonds is 6. The summed E-state index contributed by atoms with van der Waals surface area (Å²) < 4.78 is 5.49. The van der Waals surface area contributed by atoms with E-state index in [1.807, 2.05) is 48.5 Å². The third kappa shape index (κ3) is 3.90. The molecule has 3 aromatic carbocycles. The fraction of sp³-hybridized carbons (Fsp3) is 0.222. The molecular formula is C27H24N2O5. The lowest BCUT2D eigenvalue weighted by atomic mass is 9.98. The van der Waals surface area contributed by atoms with Crippen molar-refractivity contribution in [1.29, 1.82) is 0 Å². The number of amides is 2. The van der Waals surface area contributed by atoms with Crippen LogP contribution in [0, 0.1) is 0 Å². The molecule has 0 radical (unpaired) electrons. The van der Waals surface area contributed by atoms with Crippen LogP contribution in [0.1, 0.15) is 29.0 Å². The zero-order valence-corrected chi connectivity index (χ0v) is 18.4. The number of carboxylic acids is 1. The zero-order chi connectivity index (χ0) is 23.7.